The molecule has 0 spiro atoms. The third-order valence-electron chi connectivity index (χ3n) is 2.81. The van der Waals surface area contributed by atoms with Crippen LogP contribution < -0.4 is 5.32 Å². The molecule has 0 aliphatic rings. The Morgan fingerprint density at radius 2 is 1.89 bits per heavy atom. The number of carbonyl (C=O) groups is 2. The van der Waals surface area contributed by atoms with Crippen LogP contribution in [0.1, 0.15) is 37.7 Å². The third kappa shape index (κ3) is 4.99. The Morgan fingerprint density at radius 3 is 2.50 bits per heavy atom. The van der Waals surface area contributed by atoms with Crippen LogP contribution >= 0.6 is 0 Å². The van der Waals surface area contributed by atoms with Crippen LogP contribution in [-0.2, 0) is 9.59 Å². The molecule has 4 heteroatoms. The maximum atomic E-state index is 11.8. The van der Waals surface area contributed by atoms with Crippen molar-refractivity contribution in [2.45, 2.75) is 32.1 Å². The number of hydrogen-bond donors (Lipinski definition) is 2. The zero-order valence-corrected chi connectivity index (χ0v) is 10.6. The summed E-state index contributed by atoms with van der Waals surface area (Å²) in [6, 6.07) is 9.58. The van der Waals surface area contributed by atoms with Crippen LogP contribution in [0.3, 0.4) is 0 Å². The SMILES string of the molecule is C[C@H](C(=O)NCCCCC(=O)O)c1ccccc1. The molecule has 0 saturated heterocycles. The molecule has 0 heterocycles. The van der Waals surface area contributed by atoms with Gasteiger partial charge < -0.3 is 10.4 Å². The Kier molecular flexibility index (Phi) is 5.91. The highest BCUT2D eigenvalue weighted by atomic mass is 16.4. The number of hydrogen-bond acceptors (Lipinski definition) is 2. The number of carboxylic acids is 1. The van der Waals surface area contributed by atoms with Crippen molar-refractivity contribution in [1.82, 2.24) is 5.32 Å². The molecule has 0 bridgehead atoms. The Bertz CT molecular complexity index is 389. The van der Waals surface area contributed by atoms with Gasteiger partial charge in [0.2, 0.25) is 5.91 Å². The van der Waals surface area contributed by atoms with Gasteiger partial charge in [0.25, 0.3) is 0 Å². The van der Waals surface area contributed by atoms with Crippen LogP contribution in [0.2, 0.25) is 0 Å². The molecule has 18 heavy (non-hydrogen) atoms. The second-order valence-corrected chi connectivity index (χ2v) is 4.27. The smallest absolute Gasteiger partial charge is 0.303 e. The number of rotatable bonds is 7. The topological polar surface area (TPSA) is 66.4 Å². The van der Waals surface area contributed by atoms with Crippen molar-refractivity contribution in [3.8, 4) is 0 Å². The van der Waals surface area contributed by atoms with E-state index >= 15 is 0 Å². The molecule has 1 aromatic carbocycles. The van der Waals surface area contributed by atoms with Crippen LogP contribution in [0.5, 0.6) is 0 Å². The molecule has 1 amide bonds. The van der Waals surface area contributed by atoms with Gasteiger partial charge in [0.15, 0.2) is 0 Å². The first kappa shape index (κ1) is 14.2. The quantitative estimate of drug-likeness (QED) is 0.728. The summed E-state index contributed by atoms with van der Waals surface area (Å²) in [5, 5.41) is 11.3. The molecule has 0 saturated carbocycles. The summed E-state index contributed by atoms with van der Waals surface area (Å²) >= 11 is 0. The van der Waals surface area contributed by atoms with Crippen LogP contribution in [-0.4, -0.2) is 23.5 Å². The van der Waals surface area contributed by atoms with Crippen molar-refractivity contribution in [2.24, 2.45) is 0 Å². The van der Waals surface area contributed by atoms with Gasteiger partial charge in [0.05, 0.1) is 5.92 Å². The lowest BCUT2D eigenvalue weighted by Gasteiger charge is -2.12. The molecule has 4 nitrogen and oxygen atoms in total. The molecule has 0 fully saturated rings. The molecule has 1 rings (SSSR count). The second-order valence-electron chi connectivity index (χ2n) is 4.27. The minimum Gasteiger partial charge on any atom is -0.481 e. The summed E-state index contributed by atoms with van der Waals surface area (Å²) in [7, 11) is 0. The standard InChI is InChI=1S/C14H19NO3/c1-11(12-7-3-2-4-8-12)14(18)15-10-6-5-9-13(16)17/h2-4,7-8,11H,5-6,9-10H2,1H3,(H,15,18)(H,16,17)/t11-/m0/s1. The van der Waals surface area contributed by atoms with E-state index in [1.807, 2.05) is 37.3 Å². The molecule has 0 radical (unpaired) electrons. The molecule has 0 aliphatic heterocycles. The van der Waals surface area contributed by atoms with E-state index in [9.17, 15) is 9.59 Å². The second kappa shape index (κ2) is 7.48. The van der Waals surface area contributed by atoms with Crippen LogP contribution in [0, 0.1) is 0 Å². The molecule has 0 aliphatic carbocycles. The van der Waals surface area contributed by atoms with Gasteiger partial charge in [-0.05, 0) is 25.3 Å². The lowest BCUT2D eigenvalue weighted by molar-refractivity contribution is -0.137. The average Bonchev–Trinajstić information content (AvgIpc) is 2.38. The van der Waals surface area contributed by atoms with E-state index in [0.717, 1.165) is 5.56 Å². The maximum Gasteiger partial charge on any atom is 0.303 e. The van der Waals surface area contributed by atoms with Crippen molar-refractivity contribution in [2.75, 3.05) is 6.54 Å². The third-order valence-corrected chi connectivity index (χ3v) is 2.81. The van der Waals surface area contributed by atoms with E-state index in [2.05, 4.69) is 5.32 Å². The highest BCUT2D eigenvalue weighted by Crippen LogP contribution is 2.14. The maximum absolute atomic E-state index is 11.8. The summed E-state index contributed by atoms with van der Waals surface area (Å²) < 4.78 is 0. The summed E-state index contributed by atoms with van der Waals surface area (Å²) in [5.74, 6) is -0.985. The molecule has 0 aromatic heterocycles. The number of aliphatic carboxylic acids is 1. The fraction of sp³-hybridized carbons (Fsp3) is 0.429. The average molecular weight is 249 g/mol. The number of unbranched alkanes of at least 4 members (excludes halogenated alkanes) is 1. The normalized spacial score (nSPS) is 11.8. The Labute approximate surface area is 107 Å². The number of amides is 1. The van der Waals surface area contributed by atoms with E-state index in [1.165, 1.54) is 0 Å². The minimum absolute atomic E-state index is 0.0171. The molecular formula is C14H19NO3. The highest BCUT2D eigenvalue weighted by Gasteiger charge is 2.13. The van der Waals surface area contributed by atoms with Gasteiger partial charge in [-0.3, -0.25) is 9.59 Å². The number of benzene rings is 1. The van der Waals surface area contributed by atoms with Crippen molar-refractivity contribution < 1.29 is 14.7 Å². The molecule has 2 N–H and O–H groups in total. The van der Waals surface area contributed by atoms with Gasteiger partial charge in [-0.15, -0.1) is 0 Å². The van der Waals surface area contributed by atoms with Gasteiger partial charge in [0, 0.05) is 13.0 Å². The van der Waals surface area contributed by atoms with E-state index in [-0.39, 0.29) is 18.2 Å². The van der Waals surface area contributed by atoms with E-state index < -0.39 is 5.97 Å². The summed E-state index contributed by atoms with van der Waals surface area (Å²) in [5.41, 5.74) is 0.987. The fourth-order valence-electron chi connectivity index (χ4n) is 1.66. The van der Waals surface area contributed by atoms with E-state index in [1.54, 1.807) is 0 Å². The molecule has 0 unspecified atom stereocenters. The summed E-state index contributed by atoms with van der Waals surface area (Å²) in [6.07, 6.45) is 1.44. The van der Waals surface area contributed by atoms with Gasteiger partial charge in [-0.2, -0.15) is 0 Å². The van der Waals surface area contributed by atoms with Gasteiger partial charge in [-0.25, -0.2) is 0 Å². The van der Waals surface area contributed by atoms with Crippen LogP contribution in [0.25, 0.3) is 0 Å². The van der Waals surface area contributed by atoms with Crippen molar-refractivity contribution in [1.29, 1.82) is 0 Å². The zero-order chi connectivity index (χ0) is 13.4. The Morgan fingerprint density at radius 1 is 1.22 bits per heavy atom. The molecular weight excluding hydrogens is 230 g/mol. The fourth-order valence-corrected chi connectivity index (χ4v) is 1.66. The zero-order valence-electron chi connectivity index (χ0n) is 10.6. The lowest BCUT2D eigenvalue weighted by atomic mass is 10.0. The Hall–Kier alpha value is -1.84. The van der Waals surface area contributed by atoms with E-state index in [4.69, 9.17) is 5.11 Å². The largest absolute Gasteiger partial charge is 0.481 e. The monoisotopic (exact) mass is 249 g/mol. The van der Waals surface area contributed by atoms with E-state index in [0.29, 0.717) is 19.4 Å². The van der Waals surface area contributed by atoms with Crippen LogP contribution in [0.15, 0.2) is 30.3 Å². The first-order valence-electron chi connectivity index (χ1n) is 6.15. The van der Waals surface area contributed by atoms with Crippen molar-refractivity contribution >= 4 is 11.9 Å². The first-order chi connectivity index (χ1) is 8.61. The molecule has 1 aromatic rings. The summed E-state index contributed by atoms with van der Waals surface area (Å²) in [6.45, 7) is 2.39. The summed E-state index contributed by atoms with van der Waals surface area (Å²) in [4.78, 5) is 22.1. The van der Waals surface area contributed by atoms with Crippen LogP contribution in [0.4, 0.5) is 0 Å². The highest BCUT2D eigenvalue weighted by molar-refractivity contribution is 5.83. The minimum atomic E-state index is -0.793. The predicted octanol–water partition coefficient (Wildman–Crippen LogP) is 2.16. The van der Waals surface area contributed by atoms with Crippen molar-refractivity contribution in [3.05, 3.63) is 35.9 Å². The predicted molar refractivity (Wildman–Crippen MR) is 69.4 cm³/mol. The van der Waals surface area contributed by atoms with Gasteiger partial charge in [0.1, 0.15) is 0 Å². The molecule has 1 atom stereocenters. The molecule has 98 valence electrons. The number of carboxylic acid groups (broad SMARTS) is 1. The lowest BCUT2D eigenvalue weighted by Crippen LogP contribution is -2.28. The number of nitrogens with one attached hydrogen (secondary N) is 1. The van der Waals surface area contributed by atoms with Gasteiger partial charge >= 0.3 is 5.97 Å². The first-order valence-corrected chi connectivity index (χ1v) is 6.15. The Balaban J connectivity index is 2.26. The van der Waals surface area contributed by atoms with Gasteiger partial charge in [-0.1, -0.05) is 30.3 Å². The van der Waals surface area contributed by atoms with Crippen molar-refractivity contribution in [3.63, 3.8) is 0 Å². The number of carbonyl (C=O) groups excluding carboxylic acids is 1.